The number of hydrogen-bond acceptors (Lipinski definition) is 5. The largest absolute Gasteiger partial charge is 0.459 e. The van der Waals surface area contributed by atoms with Crippen molar-refractivity contribution in [3.63, 3.8) is 0 Å². The normalized spacial score (nSPS) is 13.7. The van der Waals surface area contributed by atoms with E-state index in [4.69, 9.17) is 10.2 Å². The Bertz CT molecular complexity index is 786. The Balaban J connectivity index is 1.88. The molecule has 104 valence electrons. The van der Waals surface area contributed by atoms with Gasteiger partial charge in [0, 0.05) is 5.39 Å². The predicted molar refractivity (Wildman–Crippen MR) is 79.5 cm³/mol. The number of fused-ring (bicyclic) bond motifs is 1. The van der Waals surface area contributed by atoms with Crippen molar-refractivity contribution in [3.05, 3.63) is 53.6 Å². The first kappa shape index (κ1) is 13.4. The average Bonchev–Trinajstić information content (AvgIpc) is 3.07. The molecule has 2 aromatic heterocycles. The van der Waals surface area contributed by atoms with E-state index in [1.807, 2.05) is 24.3 Å². The molecule has 3 aromatic rings. The molecule has 0 amide bonds. The van der Waals surface area contributed by atoms with Gasteiger partial charge in [-0.05, 0) is 23.6 Å². The number of rotatable bonds is 4. The van der Waals surface area contributed by atoms with Crippen molar-refractivity contribution in [2.45, 2.75) is 10.3 Å². The molecule has 1 aromatic carbocycles. The predicted octanol–water partition coefficient (Wildman–Crippen LogP) is 2.97. The van der Waals surface area contributed by atoms with E-state index in [0.29, 0.717) is 15.6 Å². The zero-order valence-corrected chi connectivity index (χ0v) is 12.2. The number of hydrogen-bond donors (Lipinski definition) is 1. The fourth-order valence-corrected chi connectivity index (χ4v) is 4.52. The van der Waals surface area contributed by atoms with E-state index in [9.17, 15) is 8.42 Å². The minimum atomic E-state index is -3.37. The van der Waals surface area contributed by atoms with Crippen LogP contribution in [0.15, 0.2) is 56.5 Å². The van der Waals surface area contributed by atoms with Crippen LogP contribution in [-0.4, -0.2) is 14.2 Å². The monoisotopic (exact) mass is 307 g/mol. The van der Waals surface area contributed by atoms with E-state index in [-0.39, 0.29) is 5.75 Å². The fraction of sp³-hybridized carbons (Fsp3) is 0.143. The van der Waals surface area contributed by atoms with Crippen molar-refractivity contribution >= 4 is 32.1 Å². The summed E-state index contributed by atoms with van der Waals surface area (Å²) in [7, 11) is -3.37. The maximum Gasteiger partial charge on any atom is 0.189 e. The minimum absolute atomic E-state index is 0.159. The number of nitrogens with two attached hydrogens (primary N) is 1. The Morgan fingerprint density at radius 2 is 2.00 bits per heavy atom. The number of furan rings is 1. The van der Waals surface area contributed by atoms with Crippen LogP contribution >= 0.6 is 11.3 Å². The SMILES string of the molecule is NC(CS(=O)(=O)c1cccs1)c1cc2ccccc2o1. The second-order valence-corrected chi connectivity index (χ2v) is 7.72. The highest BCUT2D eigenvalue weighted by molar-refractivity contribution is 7.93. The smallest absolute Gasteiger partial charge is 0.189 e. The fourth-order valence-electron chi connectivity index (χ4n) is 2.03. The van der Waals surface area contributed by atoms with Gasteiger partial charge < -0.3 is 10.2 Å². The molecule has 0 aliphatic rings. The number of thiophene rings is 1. The Kier molecular flexibility index (Phi) is 3.37. The van der Waals surface area contributed by atoms with Crippen molar-refractivity contribution in [3.8, 4) is 0 Å². The molecule has 0 radical (unpaired) electrons. The molecule has 6 heteroatoms. The van der Waals surface area contributed by atoms with Crippen molar-refractivity contribution in [2.24, 2.45) is 5.73 Å². The van der Waals surface area contributed by atoms with Crippen LogP contribution in [0.4, 0.5) is 0 Å². The van der Waals surface area contributed by atoms with Gasteiger partial charge in [-0.25, -0.2) is 8.42 Å². The maximum absolute atomic E-state index is 12.2. The van der Waals surface area contributed by atoms with Gasteiger partial charge in [0.15, 0.2) is 9.84 Å². The number of benzene rings is 1. The summed E-state index contributed by atoms with van der Waals surface area (Å²) in [6, 6.07) is 11.9. The highest BCUT2D eigenvalue weighted by Gasteiger charge is 2.23. The van der Waals surface area contributed by atoms with E-state index in [1.54, 1.807) is 23.6 Å². The third-order valence-electron chi connectivity index (χ3n) is 3.01. The highest BCUT2D eigenvalue weighted by Crippen LogP contribution is 2.26. The molecule has 0 aliphatic carbocycles. The number of para-hydroxylation sites is 1. The molecule has 2 heterocycles. The summed E-state index contributed by atoms with van der Waals surface area (Å²) in [6.45, 7) is 0. The van der Waals surface area contributed by atoms with Crippen molar-refractivity contribution in [2.75, 3.05) is 5.75 Å². The van der Waals surface area contributed by atoms with Gasteiger partial charge in [-0.3, -0.25) is 0 Å². The zero-order chi connectivity index (χ0) is 14.2. The van der Waals surface area contributed by atoms with Crippen LogP contribution in [0.1, 0.15) is 11.8 Å². The van der Waals surface area contributed by atoms with Crippen molar-refractivity contribution in [1.82, 2.24) is 0 Å². The van der Waals surface area contributed by atoms with Crippen LogP contribution < -0.4 is 5.73 Å². The van der Waals surface area contributed by atoms with Gasteiger partial charge in [0.1, 0.15) is 15.6 Å². The van der Waals surface area contributed by atoms with E-state index in [2.05, 4.69) is 0 Å². The summed E-state index contributed by atoms with van der Waals surface area (Å²) in [6.07, 6.45) is 0. The van der Waals surface area contributed by atoms with Crippen molar-refractivity contribution in [1.29, 1.82) is 0 Å². The molecule has 1 unspecified atom stereocenters. The zero-order valence-electron chi connectivity index (χ0n) is 10.5. The summed E-state index contributed by atoms with van der Waals surface area (Å²) in [5, 5.41) is 2.66. The van der Waals surface area contributed by atoms with Crippen LogP contribution in [0.2, 0.25) is 0 Å². The van der Waals surface area contributed by atoms with Crippen LogP contribution in [0, 0.1) is 0 Å². The molecule has 20 heavy (non-hydrogen) atoms. The lowest BCUT2D eigenvalue weighted by Crippen LogP contribution is -2.20. The standard InChI is InChI=1S/C14H13NO3S2/c15-11(9-20(16,17)14-6-3-7-19-14)13-8-10-4-1-2-5-12(10)18-13/h1-8,11H,9,15H2. The Hall–Kier alpha value is -1.63. The van der Waals surface area contributed by atoms with E-state index in [1.165, 1.54) is 11.3 Å². The van der Waals surface area contributed by atoms with E-state index in [0.717, 1.165) is 5.39 Å². The summed E-state index contributed by atoms with van der Waals surface area (Å²) in [5.74, 6) is 0.333. The van der Waals surface area contributed by atoms with E-state index >= 15 is 0 Å². The summed E-state index contributed by atoms with van der Waals surface area (Å²) in [4.78, 5) is 0. The molecule has 1 atom stereocenters. The van der Waals surface area contributed by atoms with Gasteiger partial charge in [-0.1, -0.05) is 24.3 Å². The number of sulfone groups is 1. The van der Waals surface area contributed by atoms with Crippen LogP contribution in [0.5, 0.6) is 0 Å². The molecule has 0 bridgehead atoms. The summed E-state index contributed by atoms with van der Waals surface area (Å²) >= 11 is 1.20. The average molecular weight is 307 g/mol. The summed E-state index contributed by atoms with van der Waals surface area (Å²) < 4.78 is 30.3. The molecule has 4 nitrogen and oxygen atoms in total. The molecule has 0 saturated heterocycles. The van der Waals surface area contributed by atoms with Gasteiger partial charge in [0.05, 0.1) is 11.8 Å². The molecular weight excluding hydrogens is 294 g/mol. The van der Waals surface area contributed by atoms with Gasteiger partial charge in [-0.15, -0.1) is 11.3 Å². The van der Waals surface area contributed by atoms with Gasteiger partial charge >= 0.3 is 0 Å². The molecular formula is C14H13NO3S2. The van der Waals surface area contributed by atoms with Crippen LogP contribution in [-0.2, 0) is 9.84 Å². The Morgan fingerprint density at radius 1 is 1.20 bits per heavy atom. The first-order valence-corrected chi connectivity index (χ1v) is 8.60. The lowest BCUT2D eigenvalue weighted by molar-refractivity contribution is 0.508. The molecule has 0 saturated carbocycles. The molecule has 0 fully saturated rings. The third-order valence-corrected chi connectivity index (χ3v) is 6.27. The topological polar surface area (TPSA) is 73.3 Å². The molecule has 0 aliphatic heterocycles. The summed E-state index contributed by atoms with van der Waals surface area (Å²) in [5.41, 5.74) is 6.70. The third kappa shape index (κ3) is 2.49. The minimum Gasteiger partial charge on any atom is -0.459 e. The van der Waals surface area contributed by atoms with Crippen LogP contribution in [0.25, 0.3) is 11.0 Å². The Labute approximate surface area is 120 Å². The lowest BCUT2D eigenvalue weighted by Gasteiger charge is -2.08. The second-order valence-electron chi connectivity index (χ2n) is 4.51. The molecule has 3 rings (SSSR count). The van der Waals surface area contributed by atoms with Gasteiger partial charge in [-0.2, -0.15) is 0 Å². The Morgan fingerprint density at radius 3 is 2.70 bits per heavy atom. The first-order chi connectivity index (χ1) is 9.56. The quantitative estimate of drug-likeness (QED) is 0.804. The van der Waals surface area contributed by atoms with Crippen molar-refractivity contribution < 1.29 is 12.8 Å². The van der Waals surface area contributed by atoms with E-state index < -0.39 is 15.9 Å². The lowest BCUT2D eigenvalue weighted by atomic mass is 10.2. The first-order valence-electron chi connectivity index (χ1n) is 6.06. The van der Waals surface area contributed by atoms with Gasteiger partial charge in [0.25, 0.3) is 0 Å². The molecule has 0 spiro atoms. The highest BCUT2D eigenvalue weighted by atomic mass is 32.2. The maximum atomic E-state index is 12.2. The van der Waals surface area contributed by atoms with Gasteiger partial charge in [0.2, 0.25) is 0 Å². The van der Waals surface area contributed by atoms with Crippen LogP contribution in [0.3, 0.4) is 0 Å². The molecule has 2 N–H and O–H groups in total. The second kappa shape index (κ2) is 5.05.